The average molecular weight is 616 g/mol. The lowest BCUT2D eigenvalue weighted by molar-refractivity contribution is 0.0734. The van der Waals surface area contributed by atoms with E-state index in [2.05, 4.69) is 88.0 Å². The van der Waals surface area contributed by atoms with Crippen LogP contribution in [0.15, 0.2) is 60.7 Å². The minimum absolute atomic E-state index is 0.250. The third kappa shape index (κ3) is 11.9. The summed E-state index contributed by atoms with van der Waals surface area (Å²) in [6.45, 7) is 2.11. The summed E-state index contributed by atoms with van der Waals surface area (Å²) in [5, 5.41) is 2.65. The van der Waals surface area contributed by atoms with E-state index in [9.17, 15) is 0 Å². The highest BCUT2D eigenvalue weighted by Gasteiger charge is 2.04. The number of hydrogen-bond donors (Lipinski definition) is 0. The van der Waals surface area contributed by atoms with Crippen LogP contribution in [-0.2, 0) is 22.7 Å². The molecule has 0 saturated carbocycles. The molecular formula is C20H24Br4O2. The van der Waals surface area contributed by atoms with E-state index < -0.39 is 0 Å². The van der Waals surface area contributed by atoms with Crippen LogP contribution in [-0.4, -0.2) is 33.5 Å². The molecule has 0 amide bonds. The fourth-order valence-electron chi connectivity index (χ4n) is 1.84. The second-order valence-corrected chi connectivity index (χ2v) is 8.72. The largest absolute Gasteiger partial charge is 0.376 e. The number of rotatable bonds is 10. The zero-order valence-corrected chi connectivity index (χ0v) is 20.8. The van der Waals surface area contributed by atoms with Crippen molar-refractivity contribution >= 4 is 63.7 Å². The van der Waals surface area contributed by atoms with Crippen LogP contribution >= 0.6 is 63.7 Å². The van der Waals surface area contributed by atoms with Crippen molar-refractivity contribution in [1.82, 2.24) is 0 Å². The molecule has 0 spiro atoms. The van der Waals surface area contributed by atoms with Gasteiger partial charge in [-0.3, -0.25) is 0 Å². The van der Waals surface area contributed by atoms with Crippen molar-refractivity contribution in [3.8, 4) is 0 Å². The Hall–Kier alpha value is 0.280. The molecule has 0 aliphatic carbocycles. The first-order valence-corrected chi connectivity index (χ1v) is 12.6. The minimum atomic E-state index is 0.250. The van der Waals surface area contributed by atoms with Gasteiger partial charge < -0.3 is 9.47 Å². The van der Waals surface area contributed by atoms with Crippen LogP contribution in [0.5, 0.6) is 0 Å². The van der Waals surface area contributed by atoms with Gasteiger partial charge in [-0.15, -0.1) is 0 Å². The number of alkyl halides is 4. The van der Waals surface area contributed by atoms with E-state index in [1.807, 2.05) is 36.4 Å². The van der Waals surface area contributed by atoms with E-state index in [1.54, 1.807) is 0 Å². The molecule has 2 aromatic rings. The highest BCUT2D eigenvalue weighted by atomic mass is 79.9. The van der Waals surface area contributed by atoms with Gasteiger partial charge in [0.1, 0.15) is 0 Å². The van der Waals surface area contributed by atoms with Crippen molar-refractivity contribution in [2.45, 2.75) is 24.1 Å². The summed E-state index contributed by atoms with van der Waals surface area (Å²) >= 11 is 13.6. The van der Waals surface area contributed by atoms with Gasteiger partial charge in [0.25, 0.3) is 0 Å². The molecule has 2 nitrogen and oxygen atoms in total. The van der Waals surface area contributed by atoms with Crippen LogP contribution in [0.25, 0.3) is 0 Å². The molecule has 0 aromatic heterocycles. The molecule has 0 N–H and O–H groups in total. The maximum atomic E-state index is 5.63. The molecule has 0 bridgehead atoms. The standard InChI is InChI=1S/2C10H12Br2O/c11-6-10(7-12)13-8-9-4-2-1-3-5-9;11-6-10(12)8-13-7-9-4-2-1-3-5-9/h2*1-5,10H,6-8H2. The quantitative estimate of drug-likeness (QED) is 0.276. The van der Waals surface area contributed by atoms with Gasteiger partial charge in [-0.1, -0.05) is 124 Å². The predicted octanol–water partition coefficient (Wildman–Crippen LogP) is 6.72. The number of hydrogen-bond acceptors (Lipinski definition) is 2. The van der Waals surface area contributed by atoms with E-state index in [-0.39, 0.29) is 6.10 Å². The molecule has 2 aromatic carbocycles. The molecule has 0 aliphatic heterocycles. The van der Waals surface area contributed by atoms with Crippen LogP contribution in [0.4, 0.5) is 0 Å². The van der Waals surface area contributed by atoms with Crippen LogP contribution in [0.1, 0.15) is 11.1 Å². The molecule has 144 valence electrons. The molecule has 0 heterocycles. The molecule has 0 saturated heterocycles. The summed E-state index contributed by atoms with van der Waals surface area (Å²) in [5.74, 6) is 0. The molecule has 1 atom stereocenters. The van der Waals surface area contributed by atoms with E-state index >= 15 is 0 Å². The van der Waals surface area contributed by atoms with Crippen LogP contribution < -0.4 is 0 Å². The molecular weight excluding hydrogens is 592 g/mol. The van der Waals surface area contributed by atoms with Crippen molar-refractivity contribution in [1.29, 1.82) is 0 Å². The van der Waals surface area contributed by atoms with Gasteiger partial charge in [-0.05, 0) is 11.1 Å². The van der Waals surface area contributed by atoms with Gasteiger partial charge in [-0.25, -0.2) is 0 Å². The van der Waals surface area contributed by atoms with Gasteiger partial charge >= 0.3 is 0 Å². The maximum absolute atomic E-state index is 5.63. The van der Waals surface area contributed by atoms with E-state index in [0.29, 0.717) is 18.0 Å². The van der Waals surface area contributed by atoms with Gasteiger partial charge in [-0.2, -0.15) is 0 Å². The Balaban J connectivity index is 0.000000260. The lowest BCUT2D eigenvalue weighted by Gasteiger charge is -2.11. The first kappa shape index (κ1) is 24.3. The topological polar surface area (TPSA) is 18.5 Å². The number of halogens is 4. The summed E-state index contributed by atoms with van der Waals surface area (Å²) < 4.78 is 11.1. The van der Waals surface area contributed by atoms with Gasteiger partial charge in [0.2, 0.25) is 0 Å². The minimum Gasteiger partial charge on any atom is -0.376 e. The van der Waals surface area contributed by atoms with E-state index in [4.69, 9.17) is 9.47 Å². The van der Waals surface area contributed by atoms with Crippen molar-refractivity contribution < 1.29 is 9.47 Å². The first-order valence-electron chi connectivity index (χ1n) is 8.28. The Morgan fingerprint density at radius 1 is 0.692 bits per heavy atom. The highest BCUT2D eigenvalue weighted by molar-refractivity contribution is 9.12. The summed E-state index contributed by atoms with van der Waals surface area (Å²) in [6, 6.07) is 20.4. The Labute approximate surface area is 190 Å². The Kier molecular flexibility index (Phi) is 15.2. The molecule has 0 aliphatic rings. The van der Waals surface area contributed by atoms with Gasteiger partial charge in [0.05, 0.1) is 25.9 Å². The fourth-order valence-corrected chi connectivity index (χ4v) is 3.66. The summed E-state index contributed by atoms with van der Waals surface area (Å²) in [4.78, 5) is 0.399. The Morgan fingerprint density at radius 3 is 1.65 bits per heavy atom. The van der Waals surface area contributed by atoms with Crippen LogP contribution in [0.2, 0.25) is 0 Å². The highest BCUT2D eigenvalue weighted by Crippen LogP contribution is 2.07. The van der Waals surface area contributed by atoms with Crippen molar-refractivity contribution in [3.05, 3.63) is 71.8 Å². The zero-order chi connectivity index (χ0) is 19.0. The lowest BCUT2D eigenvalue weighted by Crippen LogP contribution is -2.15. The van der Waals surface area contributed by atoms with E-state index in [0.717, 1.165) is 22.6 Å². The molecule has 6 heteroatoms. The normalized spacial score (nSPS) is 11.7. The second kappa shape index (κ2) is 16.3. The second-order valence-electron chi connectivity index (χ2n) is 5.48. The average Bonchev–Trinajstić information content (AvgIpc) is 2.71. The fraction of sp³-hybridized carbons (Fsp3) is 0.400. The van der Waals surface area contributed by atoms with Crippen molar-refractivity contribution in [2.75, 3.05) is 22.6 Å². The zero-order valence-electron chi connectivity index (χ0n) is 14.5. The Bertz CT molecular complexity index is 550. The van der Waals surface area contributed by atoms with Crippen molar-refractivity contribution in [3.63, 3.8) is 0 Å². The number of ether oxygens (including phenoxy) is 2. The lowest BCUT2D eigenvalue weighted by atomic mass is 10.2. The van der Waals surface area contributed by atoms with Crippen LogP contribution in [0.3, 0.4) is 0 Å². The maximum Gasteiger partial charge on any atom is 0.0773 e. The Morgan fingerprint density at radius 2 is 1.19 bits per heavy atom. The van der Waals surface area contributed by atoms with Gasteiger partial charge in [0, 0.05) is 20.8 Å². The SMILES string of the molecule is BrCC(Br)COCc1ccccc1.BrCC(CBr)OCc1ccccc1. The molecule has 26 heavy (non-hydrogen) atoms. The summed E-state index contributed by atoms with van der Waals surface area (Å²) in [6.07, 6.45) is 0.250. The first-order chi connectivity index (χ1) is 12.7. The van der Waals surface area contributed by atoms with Crippen molar-refractivity contribution in [2.24, 2.45) is 0 Å². The summed E-state index contributed by atoms with van der Waals surface area (Å²) in [7, 11) is 0. The third-order valence-electron chi connectivity index (χ3n) is 3.25. The number of benzene rings is 2. The predicted molar refractivity (Wildman–Crippen MR) is 125 cm³/mol. The molecule has 1 unspecified atom stereocenters. The molecule has 0 fully saturated rings. The summed E-state index contributed by atoms with van der Waals surface area (Å²) in [5.41, 5.74) is 2.44. The smallest absolute Gasteiger partial charge is 0.0773 e. The monoisotopic (exact) mass is 612 g/mol. The van der Waals surface area contributed by atoms with Gasteiger partial charge in [0.15, 0.2) is 0 Å². The molecule has 2 rings (SSSR count). The van der Waals surface area contributed by atoms with Crippen LogP contribution in [0, 0.1) is 0 Å². The third-order valence-corrected chi connectivity index (χ3v) is 6.93. The van der Waals surface area contributed by atoms with E-state index in [1.165, 1.54) is 11.1 Å². The molecule has 0 radical (unpaired) electrons.